The van der Waals surface area contributed by atoms with Crippen LogP contribution in [0.3, 0.4) is 0 Å². The van der Waals surface area contributed by atoms with Crippen molar-refractivity contribution in [3.63, 3.8) is 0 Å². The number of benzene rings is 5. The summed E-state index contributed by atoms with van der Waals surface area (Å²) >= 11 is 0. The van der Waals surface area contributed by atoms with Gasteiger partial charge in [0.2, 0.25) is 0 Å². The van der Waals surface area contributed by atoms with Crippen LogP contribution in [-0.4, -0.2) is 0 Å². The van der Waals surface area contributed by atoms with E-state index in [9.17, 15) is 0 Å². The molecule has 10 rings (SSSR count). The molecular formula is C57H82. The van der Waals surface area contributed by atoms with Gasteiger partial charge in [-0.3, -0.25) is 0 Å². The van der Waals surface area contributed by atoms with Crippen LogP contribution in [-0.2, 0) is 51.4 Å². The zero-order valence-electron chi connectivity index (χ0n) is 30.9. The third-order valence-electron chi connectivity index (χ3n) is 10.9. The second-order valence-electron chi connectivity index (χ2n) is 14.6. The fraction of sp³-hybridized carbons (Fsp3) is 0.404. The van der Waals surface area contributed by atoms with Crippen LogP contribution in [0.5, 0.6) is 0 Å². The Kier molecular flexibility index (Phi) is 27.5. The van der Waals surface area contributed by atoms with Gasteiger partial charge in [-0.15, -0.1) is 0 Å². The van der Waals surface area contributed by atoms with Crippen LogP contribution in [0.4, 0.5) is 0 Å². The second-order valence-corrected chi connectivity index (χ2v) is 14.6. The molecule has 0 aromatic heterocycles. The summed E-state index contributed by atoms with van der Waals surface area (Å²) in [6, 6.07) is 43.6. The number of hydrogen-bond acceptors (Lipinski definition) is 0. The quantitative estimate of drug-likeness (QED) is 0.138. The monoisotopic (exact) mass is 767 g/mol. The predicted molar refractivity (Wildman–Crippen MR) is 262 cm³/mol. The third-order valence-corrected chi connectivity index (χ3v) is 10.9. The summed E-state index contributed by atoms with van der Waals surface area (Å²) in [7, 11) is 0. The first-order valence-electron chi connectivity index (χ1n) is 20.0. The Hall–Kier alpha value is -4.42. The van der Waals surface area contributed by atoms with E-state index in [2.05, 4.69) is 146 Å². The van der Waals surface area contributed by atoms with E-state index in [0.717, 1.165) is 0 Å². The normalized spacial score (nSPS) is 14.2. The van der Waals surface area contributed by atoms with Crippen LogP contribution in [0.25, 0.3) is 12.2 Å². The molecule has 5 aromatic carbocycles. The van der Waals surface area contributed by atoms with E-state index in [4.69, 9.17) is 0 Å². The molecule has 0 bridgehead atoms. The van der Waals surface area contributed by atoms with Crippen LogP contribution in [0.15, 0.2) is 133 Å². The molecule has 0 saturated carbocycles. The molecule has 0 heterocycles. The topological polar surface area (TPSA) is 0 Å². The average Bonchev–Trinajstić information content (AvgIpc) is 3.38. The largest absolute Gasteiger partial charge is 0.0839 e. The minimum atomic E-state index is 0. The van der Waals surface area contributed by atoms with E-state index in [1.807, 2.05) is 0 Å². The maximum atomic E-state index is 2.28. The van der Waals surface area contributed by atoms with Crippen LogP contribution in [0.2, 0.25) is 0 Å². The summed E-state index contributed by atoms with van der Waals surface area (Å²) in [5.41, 5.74) is 15.3. The van der Waals surface area contributed by atoms with Gasteiger partial charge >= 0.3 is 0 Å². The lowest BCUT2D eigenvalue weighted by Gasteiger charge is -2.13. The molecular weight excluding hydrogens is 685 g/mol. The summed E-state index contributed by atoms with van der Waals surface area (Å²) < 4.78 is 0. The van der Waals surface area contributed by atoms with Crippen LogP contribution in [0, 0.1) is 0 Å². The fourth-order valence-electron chi connectivity index (χ4n) is 7.96. The van der Waals surface area contributed by atoms with E-state index in [-0.39, 0.29) is 44.6 Å². The molecule has 57 heavy (non-hydrogen) atoms. The van der Waals surface area contributed by atoms with Crippen molar-refractivity contribution in [2.45, 2.75) is 154 Å². The van der Waals surface area contributed by atoms with Crippen LogP contribution < -0.4 is 0 Å². The molecule has 0 N–H and O–H groups in total. The van der Waals surface area contributed by atoms with E-state index in [1.54, 1.807) is 33.4 Å². The Bertz CT molecular complexity index is 1760. The first kappa shape index (κ1) is 52.6. The zero-order valence-corrected chi connectivity index (χ0v) is 30.9. The van der Waals surface area contributed by atoms with Crippen molar-refractivity contribution in [1.82, 2.24) is 0 Å². The van der Waals surface area contributed by atoms with Gasteiger partial charge in [0.15, 0.2) is 0 Å². The van der Waals surface area contributed by atoms with E-state index in [0.29, 0.717) is 0 Å². The molecule has 0 nitrogen and oxygen atoms in total. The molecule has 0 unspecified atom stereocenters. The molecule has 5 aliphatic carbocycles. The molecule has 0 fully saturated rings. The average molecular weight is 767 g/mol. The van der Waals surface area contributed by atoms with E-state index < -0.39 is 0 Å². The van der Waals surface area contributed by atoms with Gasteiger partial charge in [0.05, 0.1) is 0 Å². The van der Waals surface area contributed by atoms with Crippen molar-refractivity contribution in [3.8, 4) is 0 Å². The Morgan fingerprint density at radius 1 is 0.228 bits per heavy atom. The molecule has 0 spiro atoms. The van der Waals surface area contributed by atoms with Gasteiger partial charge in [-0.25, -0.2) is 0 Å². The summed E-state index contributed by atoms with van der Waals surface area (Å²) in [4.78, 5) is 0. The fourth-order valence-corrected chi connectivity index (χ4v) is 7.96. The molecule has 5 aliphatic rings. The summed E-state index contributed by atoms with van der Waals surface area (Å²) in [6.07, 6.45) is 31.3. The van der Waals surface area contributed by atoms with Gasteiger partial charge in [-0.05, 0) is 158 Å². The molecule has 0 heteroatoms. The molecule has 0 aliphatic heterocycles. The standard InChI is InChI=1S/C11H14.C11H12.C10H12.C10H10.C9H10.6CH4/c2*1-2-6-10-8-4-5-9-11(10)7-3-1;2*1-2-6-10-8-4-3-7-9(10)5-1;1-2-5-9-7-3-6-8(9)4-1;;;;;;/h4-5,8-9H,1-3,6-7H2;2,4-6,8-9H,1,3,7H2;1-2,5-6H,3-4,7-8H2;1-3,5-7H,4,8H2;1-2,4-5H,3,6-7H2;6*1H4. The smallest absolute Gasteiger partial charge is 0.0228 e. The minimum Gasteiger partial charge on any atom is -0.0839 e. The lowest BCUT2D eigenvalue weighted by atomic mass is 9.92. The van der Waals surface area contributed by atoms with E-state index in [1.165, 1.54) is 131 Å². The van der Waals surface area contributed by atoms with Crippen LogP contribution in [0.1, 0.15) is 158 Å². The third kappa shape index (κ3) is 16.9. The Morgan fingerprint density at radius 3 is 0.895 bits per heavy atom. The summed E-state index contributed by atoms with van der Waals surface area (Å²) in [5, 5.41) is 0. The number of aryl methyl sites for hydroxylation is 8. The van der Waals surface area contributed by atoms with Crippen molar-refractivity contribution < 1.29 is 0 Å². The zero-order chi connectivity index (χ0) is 34.8. The first-order chi connectivity index (χ1) is 25.3. The highest BCUT2D eigenvalue weighted by molar-refractivity contribution is 5.56. The number of fused-ring (bicyclic) bond motifs is 5. The van der Waals surface area contributed by atoms with Gasteiger partial charge in [0.25, 0.3) is 0 Å². The van der Waals surface area contributed by atoms with Gasteiger partial charge in [-0.1, -0.05) is 197 Å². The summed E-state index contributed by atoms with van der Waals surface area (Å²) in [5.74, 6) is 0. The highest BCUT2D eigenvalue weighted by Crippen LogP contribution is 2.22. The molecule has 0 radical (unpaired) electrons. The first-order valence-corrected chi connectivity index (χ1v) is 20.0. The highest BCUT2D eigenvalue weighted by atomic mass is 14.1. The number of allylic oxidation sites excluding steroid dienone is 2. The maximum absolute atomic E-state index is 2.28. The molecule has 310 valence electrons. The highest BCUT2D eigenvalue weighted by Gasteiger charge is 2.08. The number of rotatable bonds is 0. The Morgan fingerprint density at radius 2 is 0.509 bits per heavy atom. The van der Waals surface area contributed by atoms with Gasteiger partial charge in [0.1, 0.15) is 0 Å². The van der Waals surface area contributed by atoms with Gasteiger partial charge in [-0.2, -0.15) is 0 Å². The van der Waals surface area contributed by atoms with Crippen LogP contribution >= 0.6 is 0 Å². The lowest BCUT2D eigenvalue weighted by molar-refractivity contribution is 0.685. The predicted octanol–water partition coefficient (Wildman–Crippen LogP) is 17.2. The van der Waals surface area contributed by atoms with Crippen molar-refractivity contribution in [1.29, 1.82) is 0 Å². The number of hydrogen-bond donors (Lipinski definition) is 0. The molecule has 0 amide bonds. The van der Waals surface area contributed by atoms with E-state index >= 15 is 0 Å². The lowest BCUT2D eigenvalue weighted by Crippen LogP contribution is -2.00. The Labute approximate surface area is 353 Å². The van der Waals surface area contributed by atoms with Gasteiger partial charge in [0, 0.05) is 0 Å². The van der Waals surface area contributed by atoms with Crippen molar-refractivity contribution in [2.75, 3.05) is 0 Å². The SMILES string of the molecule is C.C.C.C.C.C.C1=Cc2ccccc2CC1.C1=Cc2ccccc2CCC1.c1ccc2c(c1)CCC2.c1ccc2c(c1)CCCC2.c1ccc2c(c1)CCCCC2. The maximum Gasteiger partial charge on any atom is -0.0228 e. The van der Waals surface area contributed by atoms with Gasteiger partial charge < -0.3 is 0 Å². The van der Waals surface area contributed by atoms with Crippen molar-refractivity contribution >= 4 is 12.2 Å². The second kappa shape index (κ2) is 29.8. The Balaban J connectivity index is 0.000000671. The minimum absolute atomic E-state index is 0. The van der Waals surface area contributed by atoms with Crippen molar-refractivity contribution in [2.24, 2.45) is 0 Å². The van der Waals surface area contributed by atoms with Crippen molar-refractivity contribution in [3.05, 3.63) is 189 Å². The summed E-state index contributed by atoms with van der Waals surface area (Å²) in [6.45, 7) is 0. The molecule has 5 aromatic rings. The molecule has 0 saturated heterocycles. The molecule has 0 atom stereocenters.